The average Bonchev–Trinajstić information content (AvgIpc) is 2.62. The van der Waals surface area contributed by atoms with E-state index in [-0.39, 0.29) is 17.5 Å². The molecule has 0 radical (unpaired) electrons. The van der Waals surface area contributed by atoms with Crippen LogP contribution in [-0.4, -0.2) is 32.5 Å². The first-order valence-corrected chi connectivity index (χ1v) is 10.8. The van der Waals surface area contributed by atoms with Crippen molar-refractivity contribution < 1.29 is 18.0 Å². The largest absolute Gasteiger partial charge is 0.350 e. The van der Waals surface area contributed by atoms with Gasteiger partial charge in [0, 0.05) is 11.6 Å². The number of amides is 2. The second-order valence-electron chi connectivity index (χ2n) is 6.69. The third-order valence-corrected chi connectivity index (χ3v) is 4.80. The highest BCUT2D eigenvalue weighted by Crippen LogP contribution is 2.21. The van der Waals surface area contributed by atoms with Crippen LogP contribution in [-0.2, 0) is 10.0 Å². The lowest BCUT2D eigenvalue weighted by molar-refractivity contribution is 0.0940. The highest BCUT2D eigenvalue weighted by molar-refractivity contribution is 7.92. The second kappa shape index (κ2) is 8.88. The molecule has 0 aliphatic rings. The van der Waals surface area contributed by atoms with Crippen molar-refractivity contribution in [1.82, 2.24) is 5.32 Å². The zero-order valence-electron chi connectivity index (χ0n) is 16.4. The molecule has 0 saturated carbocycles. The summed E-state index contributed by atoms with van der Waals surface area (Å²) in [5.41, 5.74) is 2.03. The minimum Gasteiger partial charge on any atom is -0.350 e. The van der Waals surface area contributed by atoms with E-state index in [2.05, 4.69) is 15.4 Å². The van der Waals surface area contributed by atoms with Gasteiger partial charge in [0.25, 0.3) is 11.8 Å². The van der Waals surface area contributed by atoms with E-state index in [4.69, 9.17) is 0 Å². The van der Waals surface area contributed by atoms with E-state index < -0.39 is 15.9 Å². The molecule has 0 aliphatic carbocycles. The van der Waals surface area contributed by atoms with Crippen LogP contribution < -0.4 is 15.4 Å². The fourth-order valence-electron chi connectivity index (χ4n) is 2.46. The van der Waals surface area contributed by atoms with Crippen molar-refractivity contribution in [3.05, 3.63) is 59.2 Å². The van der Waals surface area contributed by atoms with Crippen LogP contribution in [0.2, 0.25) is 0 Å². The number of carbonyl (C=O) groups excluding carboxylic acids is 2. The van der Waals surface area contributed by atoms with E-state index >= 15 is 0 Å². The summed E-state index contributed by atoms with van der Waals surface area (Å²) in [6.07, 6.45) is 1.84. The van der Waals surface area contributed by atoms with E-state index in [1.54, 1.807) is 43.3 Å². The Kier molecular flexibility index (Phi) is 6.80. The Morgan fingerprint density at radius 1 is 1.04 bits per heavy atom. The Bertz CT molecular complexity index is 987. The van der Waals surface area contributed by atoms with Crippen LogP contribution in [0, 0.1) is 6.92 Å². The van der Waals surface area contributed by atoms with Crippen molar-refractivity contribution in [2.45, 2.75) is 33.2 Å². The van der Waals surface area contributed by atoms with Crippen LogP contribution in [0.4, 0.5) is 11.4 Å². The van der Waals surface area contributed by atoms with Crippen LogP contribution in [0.3, 0.4) is 0 Å². The molecular weight excluding hydrogens is 378 g/mol. The van der Waals surface area contributed by atoms with Crippen LogP contribution in [0.25, 0.3) is 0 Å². The fourth-order valence-corrected chi connectivity index (χ4v) is 3.08. The van der Waals surface area contributed by atoms with Crippen molar-refractivity contribution in [3.8, 4) is 0 Å². The maximum absolute atomic E-state index is 12.7. The second-order valence-corrected chi connectivity index (χ2v) is 8.43. The molecule has 8 heteroatoms. The van der Waals surface area contributed by atoms with Gasteiger partial charge in [-0.1, -0.05) is 25.1 Å². The zero-order valence-corrected chi connectivity index (χ0v) is 17.2. The van der Waals surface area contributed by atoms with Gasteiger partial charge in [0.1, 0.15) is 0 Å². The molecule has 1 atom stereocenters. The molecule has 2 amide bonds. The highest BCUT2D eigenvalue weighted by Gasteiger charge is 2.16. The predicted octanol–water partition coefficient (Wildman–Crippen LogP) is 3.15. The Morgan fingerprint density at radius 3 is 2.36 bits per heavy atom. The van der Waals surface area contributed by atoms with Crippen molar-refractivity contribution in [1.29, 1.82) is 0 Å². The lowest BCUT2D eigenvalue weighted by Crippen LogP contribution is -2.32. The molecule has 2 rings (SSSR count). The van der Waals surface area contributed by atoms with Gasteiger partial charge >= 0.3 is 0 Å². The zero-order chi connectivity index (χ0) is 20.9. The summed E-state index contributed by atoms with van der Waals surface area (Å²) in [4.78, 5) is 25.1. The maximum Gasteiger partial charge on any atom is 0.255 e. The molecule has 0 bridgehead atoms. The molecule has 2 aromatic carbocycles. The minimum absolute atomic E-state index is 0.0120. The van der Waals surface area contributed by atoms with E-state index in [1.807, 2.05) is 13.8 Å². The summed E-state index contributed by atoms with van der Waals surface area (Å²) in [7, 11) is -3.47. The SMILES string of the molecule is CC[C@H](C)NC(=O)c1ccccc1NC(=O)c1ccc(C)c(NS(C)(=O)=O)c1. The summed E-state index contributed by atoms with van der Waals surface area (Å²) in [5, 5.41) is 5.61. The number of sulfonamides is 1. The van der Waals surface area contributed by atoms with Crippen LogP contribution in [0.1, 0.15) is 46.5 Å². The first-order valence-electron chi connectivity index (χ1n) is 8.90. The van der Waals surface area contributed by atoms with E-state index in [0.717, 1.165) is 12.7 Å². The number of rotatable bonds is 7. The Morgan fingerprint density at radius 2 is 1.71 bits per heavy atom. The molecule has 150 valence electrons. The van der Waals surface area contributed by atoms with E-state index in [0.29, 0.717) is 22.5 Å². The average molecular weight is 404 g/mol. The van der Waals surface area contributed by atoms with Gasteiger partial charge in [-0.3, -0.25) is 14.3 Å². The molecule has 7 nitrogen and oxygen atoms in total. The Balaban J connectivity index is 2.26. The number of aryl methyl sites for hydroxylation is 1. The Hall–Kier alpha value is -2.87. The molecule has 2 aromatic rings. The summed E-state index contributed by atoms with van der Waals surface area (Å²) < 4.78 is 25.4. The van der Waals surface area contributed by atoms with Gasteiger partial charge in [-0.15, -0.1) is 0 Å². The number of benzene rings is 2. The van der Waals surface area contributed by atoms with Gasteiger partial charge in [-0.2, -0.15) is 0 Å². The van der Waals surface area contributed by atoms with Gasteiger partial charge in [0.2, 0.25) is 10.0 Å². The van der Waals surface area contributed by atoms with Crippen LogP contribution in [0.15, 0.2) is 42.5 Å². The monoisotopic (exact) mass is 403 g/mol. The lowest BCUT2D eigenvalue weighted by Gasteiger charge is -2.15. The molecule has 0 saturated heterocycles. The van der Waals surface area contributed by atoms with Gasteiger partial charge in [0.05, 0.1) is 23.2 Å². The quantitative estimate of drug-likeness (QED) is 0.660. The normalized spacial score (nSPS) is 12.1. The molecule has 0 spiro atoms. The van der Waals surface area contributed by atoms with E-state index in [1.165, 1.54) is 6.07 Å². The Labute approximate surface area is 165 Å². The van der Waals surface area contributed by atoms with Gasteiger partial charge < -0.3 is 10.6 Å². The number of hydrogen-bond donors (Lipinski definition) is 3. The number of para-hydroxylation sites is 1. The standard InChI is InChI=1S/C20H25N3O4S/c1-5-14(3)21-20(25)16-8-6-7-9-17(16)22-19(24)15-11-10-13(2)18(12-15)23-28(4,26)27/h6-12,14,23H,5H2,1-4H3,(H,21,25)(H,22,24)/t14-/m0/s1. The first kappa shape index (κ1) is 21.4. The van der Waals surface area contributed by atoms with Gasteiger partial charge in [-0.05, 0) is 50.1 Å². The van der Waals surface area contributed by atoms with Gasteiger partial charge in [0.15, 0.2) is 0 Å². The van der Waals surface area contributed by atoms with Gasteiger partial charge in [-0.25, -0.2) is 8.42 Å². The molecule has 0 unspecified atom stereocenters. The van der Waals surface area contributed by atoms with Crippen molar-refractivity contribution in [2.75, 3.05) is 16.3 Å². The smallest absolute Gasteiger partial charge is 0.255 e. The molecule has 0 fully saturated rings. The minimum atomic E-state index is -3.47. The third-order valence-electron chi connectivity index (χ3n) is 4.20. The fraction of sp³-hybridized carbons (Fsp3) is 0.300. The molecule has 3 N–H and O–H groups in total. The van der Waals surface area contributed by atoms with Crippen molar-refractivity contribution >= 4 is 33.2 Å². The third kappa shape index (κ3) is 5.82. The molecule has 0 heterocycles. The number of carbonyl (C=O) groups is 2. The number of hydrogen-bond acceptors (Lipinski definition) is 4. The van der Waals surface area contributed by atoms with Crippen LogP contribution >= 0.6 is 0 Å². The van der Waals surface area contributed by atoms with Crippen molar-refractivity contribution in [3.63, 3.8) is 0 Å². The summed E-state index contributed by atoms with van der Waals surface area (Å²) >= 11 is 0. The maximum atomic E-state index is 12.7. The predicted molar refractivity (Wildman–Crippen MR) is 111 cm³/mol. The first-order chi connectivity index (χ1) is 13.1. The summed E-state index contributed by atoms with van der Waals surface area (Å²) in [5.74, 6) is -0.714. The molecular formula is C20H25N3O4S. The highest BCUT2D eigenvalue weighted by atomic mass is 32.2. The van der Waals surface area contributed by atoms with Crippen LogP contribution in [0.5, 0.6) is 0 Å². The topological polar surface area (TPSA) is 104 Å². The number of anilines is 2. The molecule has 28 heavy (non-hydrogen) atoms. The van der Waals surface area contributed by atoms with E-state index in [9.17, 15) is 18.0 Å². The molecule has 0 aromatic heterocycles. The summed E-state index contributed by atoms with van der Waals surface area (Å²) in [6.45, 7) is 5.61. The number of nitrogens with one attached hydrogen (secondary N) is 3. The summed E-state index contributed by atoms with van der Waals surface area (Å²) in [6, 6.07) is 11.5. The molecule has 0 aliphatic heterocycles. The lowest BCUT2D eigenvalue weighted by atomic mass is 10.1. The van der Waals surface area contributed by atoms with Crippen molar-refractivity contribution in [2.24, 2.45) is 0 Å².